The number of hydrogen-bond donors (Lipinski definition) is 2. The van der Waals surface area contributed by atoms with Crippen LogP contribution in [-0.2, 0) is 21.5 Å². The van der Waals surface area contributed by atoms with Crippen LogP contribution in [0.5, 0.6) is 0 Å². The lowest BCUT2D eigenvalue weighted by molar-refractivity contribution is -0.144. The average molecular weight is 621 g/mol. The minimum atomic E-state index is -4.54. The summed E-state index contributed by atoms with van der Waals surface area (Å²) in [7, 11) is 0. The molecule has 0 bridgehead atoms. The topological polar surface area (TPSA) is 118 Å². The smallest absolute Gasteiger partial charge is 0.405 e. The van der Waals surface area contributed by atoms with E-state index < -0.39 is 42.0 Å². The highest BCUT2D eigenvalue weighted by atomic mass is 35.5. The lowest BCUT2D eigenvalue weighted by atomic mass is 9.93. The van der Waals surface area contributed by atoms with Gasteiger partial charge in [-0.25, -0.2) is 4.98 Å². The van der Waals surface area contributed by atoms with Gasteiger partial charge in [-0.3, -0.25) is 24.4 Å². The number of halogens is 4. The van der Waals surface area contributed by atoms with Gasteiger partial charge in [0.05, 0.1) is 16.8 Å². The zero-order valence-corrected chi connectivity index (χ0v) is 24.9. The molecule has 3 N–H and O–H groups in total. The van der Waals surface area contributed by atoms with E-state index in [0.717, 1.165) is 5.56 Å². The predicted molar refractivity (Wildman–Crippen MR) is 156 cm³/mol. The molecule has 0 saturated carbocycles. The Balaban J connectivity index is 1.45. The van der Waals surface area contributed by atoms with Crippen molar-refractivity contribution < 1.29 is 27.2 Å². The largest absolute Gasteiger partial charge is 0.437 e. The molecule has 9 nitrogen and oxygen atoms in total. The normalized spacial score (nSPS) is 17.5. The number of piperazine rings is 1. The standard InChI is InChI=1S/C30H36ClF3N6O3/c1-29(2,28-37-17-25(43-28)23-11-10-22(31)16-36-23)40-14-13-39(24(18-40)27(42)38-19-30(32,33)34)12-6-9-21(26(35)41)15-20-7-4-3-5-8-20/h3-5,7-8,10-11,16-17,21,24H,6,9,12-15,18-19H2,1-2H3,(H2,35,41)(H,38,42). The Morgan fingerprint density at radius 3 is 2.51 bits per heavy atom. The van der Waals surface area contributed by atoms with Gasteiger partial charge in [0, 0.05) is 31.7 Å². The molecule has 0 radical (unpaired) electrons. The van der Waals surface area contributed by atoms with Gasteiger partial charge in [-0.2, -0.15) is 13.2 Å². The zero-order chi connectivity index (χ0) is 31.2. The van der Waals surface area contributed by atoms with Gasteiger partial charge >= 0.3 is 6.18 Å². The van der Waals surface area contributed by atoms with E-state index in [0.29, 0.717) is 61.3 Å². The van der Waals surface area contributed by atoms with E-state index in [4.69, 9.17) is 21.8 Å². The lowest BCUT2D eigenvalue weighted by Gasteiger charge is -2.46. The Kier molecular flexibility index (Phi) is 10.5. The van der Waals surface area contributed by atoms with Crippen LogP contribution in [0.2, 0.25) is 5.02 Å². The lowest BCUT2D eigenvalue weighted by Crippen LogP contribution is -2.62. The van der Waals surface area contributed by atoms with Crippen molar-refractivity contribution in [1.29, 1.82) is 0 Å². The van der Waals surface area contributed by atoms with Gasteiger partial charge in [0.2, 0.25) is 17.7 Å². The minimum absolute atomic E-state index is 0.150. The van der Waals surface area contributed by atoms with Crippen molar-refractivity contribution in [1.82, 2.24) is 25.1 Å². The molecular weight excluding hydrogens is 585 g/mol. The molecule has 232 valence electrons. The SMILES string of the molecule is CC(C)(c1ncc(-c2ccc(Cl)cn2)o1)N1CCN(CCCC(Cc2ccccc2)C(N)=O)C(C(=O)NCC(F)(F)F)C1. The number of carbonyl (C=O) groups excluding carboxylic acids is 2. The van der Waals surface area contributed by atoms with Crippen LogP contribution < -0.4 is 11.1 Å². The van der Waals surface area contributed by atoms with E-state index in [1.807, 2.05) is 59.3 Å². The molecule has 2 amide bonds. The summed E-state index contributed by atoms with van der Waals surface area (Å²) >= 11 is 5.94. The fourth-order valence-electron chi connectivity index (χ4n) is 5.27. The first-order chi connectivity index (χ1) is 20.3. The predicted octanol–water partition coefficient (Wildman–Crippen LogP) is 4.41. The number of oxazole rings is 1. The number of hydrogen-bond acceptors (Lipinski definition) is 7. The summed E-state index contributed by atoms with van der Waals surface area (Å²) in [5, 5.41) is 2.53. The maximum atomic E-state index is 13.1. The number of nitrogens with two attached hydrogens (primary N) is 1. The van der Waals surface area contributed by atoms with Crippen LogP contribution in [0.15, 0.2) is 59.3 Å². The number of aromatic nitrogens is 2. The maximum absolute atomic E-state index is 13.1. The van der Waals surface area contributed by atoms with Crippen molar-refractivity contribution in [2.45, 2.75) is 50.9 Å². The highest BCUT2D eigenvalue weighted by molar-refractivity contribution is 6.30. The van der Waals surface area contributed by atoms with Crippen LogP contribution in [0.25, 0.3) is 11.5 Å². The Hall–Kier alpha value is -3.48. The molecule has 2 unspecified atom stereocenters. The molecule has 1 aromatic carbocycles. The fourth-order valence-corrected chi connectivity index (χ4v) is 5.38. The van der Waals surface area contributed by atoms with E-state index in [1.165, 1.54) is 6.20 Å². The van der Waals surface area contributed by atoms with Gasteiger partial charge in [-0.05, 0) is 57.4 Å². The molecule has 43 heavy (non-hydrogen) atoms. The second-order valence-corrected chi connectivity index (χ2v) is 11.6. The number of amides is 2. The third-order valence-electron chi connectivity index (χ3n) is 7.78. The number of primary amides is 1. The molecule has 1 aliphatic rings. The van der Waals surface area contributed by atoms with Crippen molar-refractivity contribution in [3.05, 3.63) is 71.3 Å². The van der Waals surface area contributed by atoms with E-state index in [2.05, 4.69) is 9.97 Å². The number of pyridine rings is 1. The summed E-state index contributed by atoms with van der Waals surface area (Å²) in [5.74, 6) is -0.694. The van der Waals surface area contributed by atoms with Crippen LogP contribution in [0, 0.1) is 5.92 Å². The molecule has 0 aliphatic carbocycles. The van der Waals surface area contributed by atoms with E-state index >= 15 is 0 Å². The summed E-state index contributed by atoms with van der Waals surface area (Å²) in [5.41, 5.74) is 6.43. The number of nitrogens with one attached hydrogen (secondary N) is 1. The Bertz CT molecular complexity index is 1370. The Morgan fingerprint density at radius 1 is 1.12 bits per heavy atom. The third-order valence-corrected chi connectivity index (χ3v) is 8.01. The summed E-state index contributed by atoms with van der Waals surface area (Å²) in [4.78, 5) is 37.8. The van der Waals surface area contributed by atoms with Gasteiger partial charge < -0.3 is 15.5 Å². The van der Waals surface area contributed by atoms with Crippen molar-refractivity contribution in [3.63, 3.8) is 0 Å². The summed E-state index contributed by atoms with van der Waals surface area (Å²) in [6, 6.07) is 12.1. The van der Waals surface area contributed by atoms with E-state index in [1.54, 1.807) is 18.3 Å². The van der Waals surface area contributed by atoms with Gasteiger partial charge in [-0.15, -0.1) is 0 Å². The van der Waals surface area contributed by atoms with Gasteiger partial charge in [-0.1, -0.05) is 41.9 Å². The van der Waals surface area contributed by atoms with E-state index in [9.17, 15) is 22.8 Å². The molecule has 3 heterocycles. The highest BCUT2D eigenvalue weighted by Gasteiger charge is 2.42. The summed E-state index contributed by atoms with van der Waals surface area (Å²) in [6.45, 7) is 3.85. The highest BCUT2D eigenvalue weighted by Crippen LogP contribution is 2.32. The van der Waals surface area contributed by atoms with Crippen molar-refractivity contribution in [2.75, 3.05) is 32.7 Å². The number of rotatable bonds is 12. The van der Waals surface area contributed by atoms with Gasteiger partial charge in [0.25, 0.3) is 0 Å². The van der Waals surface area contributed by atoms with Crippen molar-refractivity contribution >= 4 is 23.4 Å². The monoisotopic (exact) mass is 620 g/mol. The molecule has 1 aliphatic heterocycles. The third kappa shape index (κ3) is 8.77. The van der Waals surface area contributed by atoms with Crippen LogP contribution in [0.3, 0.4) is 0 Å². The first-order valence-electron chi connectivity index (χ1n) is 14.1. The maximum Gasteiger partial charge on any atom is 0.405 e. The molecular formula is C30H36ClF3N6O3. The number of benzene rings is 1. The first-order valence-corrected chi connectivity index (χ1v) is 14.5. The number of nitrogens with zero attached hydrogens (tertiary/aromatic N) is 4. The number of alkyl halides is 3. The molecule has 2 aromatic heterocycles. The van der Waals surface area contributed by atoms with Crippen molar-refractivity contribution in [3.8, 4) is 11.5 Å². The zero-order valence-electron chi connectivity index (χ0n) is 24.1. The van der Waals surface area contributed by atoms with Gasteiger partial charge in [0.15, 0.2) is 5.76 Å². The van der Waals surface area contributed by atoms with Crippen LogP contribution >= 0.6 is 11.6 Å². The minimum Gasteiger partial charge on any atom is -0.437 e. The molecule has 1 fully saturated rings. The summed E-state index contributed by atoms with van der Waals surface area (Å²) < 4.78 is 44.9. The quantitative estimate of drug-likeness (QED) is 0.308. The second kappa shape index (κ2) is 13.9. The molecule has 3 aromatic rings. The van der Waals surface area contributed by atoms with Crippen LogP contribution in [-0.4, -0.2) is 76.5 Å². The number of carbonyl (C=O) groups is 2. The second-order valence-electron chi connectivity index (χ2n) is 11.2. The van der Waals surface area contributed by atoms with Crippen LogP contribution in [0.1, 0.15) is 38.1 Å². The van der Waals surface area contributed by atoms with Crippen molar-refractivity contribution in [2.24, 2.45) is 11.7 Å². The average Bonchev–Trinajstić information content (AvgIpc) is 3.47. The first kappa shape index (κ1) is 32.4. The molecule has 0 spiro atoms. The van der Waals surface area contributed by atoms with Crippen LogP contribution in [0.4, 0.5) is 13.2 Å². The molecule has 1 saturated heterocycles. The fraction of sp³-hybridized carbons (Fsp3) is 0.467. The summed E-state index contributed by atoms with van der Waals surface area (Å²) in [6.07, 6.45) is 0.0547. The van der Waals surface area contributed by atoms with Gasteiger partial charge in [0.1, 0.15) is 18.3 Å². The Labute approximate surface area is 253 Å². The molecule has 13 heteroatoms. The molecule has 4 rings (SSSR count). The molecule has 2 atom stereocenters. The van der Waals surface area contributed by atoms with E-state index in [-0.39, 0.29) is 6.54 Å². The Morgan fingerprint density at radius 2 is 1.86 bits per heavy atom.